The summed E-state index contributed by atoms with van der Waals surface area (Å²) in [5.74, 6) is 0.116. The fourth-order valence-corrected chi connectivity index (χ4v) is 2.83. The summed E-state index contributed by atoms with van der Waals surface area (Å²) in [6.07, 6.45) is 0.624. The summed E-state index contributed by atoms with van der Waals surface area (Å²) in [6, 6.07) is 16.3. The molecule has 7 heteroatoms. The second-order valence-corrected chi connectivity index (χ2v) is 6.40. The van der Waals surface area contributed by atoms with Gasteiger partial charge < -0.3 is 10.1 Å². The molecule has 2 aromatic carbocycles. The number of halogens is 1. The van der Waals surface area contributed by atoms with Crippen LogP contribution in [0.4, 0.5) is 10.1 Å². The van der Waals surface area contributed by atoms with Gasteiger partial charge in [-0.25, -0.2) is 9.07 Å². The van der Waals surface area contributed by atoms with E-state index in [0.717, 1.165) is 11.3 Å². The summed E-state index contributed by atoms with van der Waals surface area (Å²) in [7, 11) is 0. The first-order valence-electron chi connectivity index (χ1n) is 9.42. The Bertz CT molecular complexity index is 1030. The van der Waals surface area contributed by atoms with E-state index >= 15 is 0 Å². The summed E-state index contributed by atoms with van der Waals surface area (Å²) < 4.78 is 19.9. The first kappa shape index (κ1) is 20.3. The maximum atomic E-state index is 13.2. The van der Waals surface area contributed by atoms with Gasteiger partial charge in [-0.15, -0.1) is 0 Å². The molecule has 0 aliphatic rings. The molecular formula is C22H22FN3O3. The minimum atomic E-state index is -0.412. The van der Waals surface area contributed by atoms with Gasteiger partial charge in [-0.1, -0.05) is 6.07 Å². The van der Waals surface area contributed by atoms with Crippen molar-refractivity contribution in [2.45, 2.75) is 26.3 Å². The van der Waals surface area contributed by atoms with E-state index < -0.39 is 5.82 Å². The fraction of sp³-hybridized carbons (Fsp3) is 0.227. The zero-order chi connectivity index (χ0) is 20.6. The molecule has 150 valence electrons. The zero-order valence-electron chi connectivity index (χ0n) is 16.1. The largest absolute Gasteiger partial charge is 0.494 e. The number of rotatable bonds is 8. The molecule has 6 nitrogen and oxygen atoms in total. The van der Waals surface area contributed by atoms with Gasteiger partial charge in [0.05, 0.1) is 12.3 Å². The van der Waals surface area contributed by atoms with Crippen LogP contribution in [-0.4, -0.2) is 22.3 Å². The Morgan fingerprint density at radius 1 is 1.14 bits per heavy atom. The van der Waals surface area contributed by atoms with Crippen LogP contribution in [0.3, 0.4) is 0 Å². The topological polar surface area (TPSA) is 73.2 Å². The van der Waals surface area contributed by atoms with Crippen molar-refractivity contribution in [1.29, 1.82) is 0 Å². The van der Waals surface area contributed by atoms with Crippen LogP contribution in [0.25, 0.3) is 11.3 Å². The highest BCUT2D eigenvalue weighted by atomic mass is 19.1. The van der Waals surface area contributed by atoms with E-state index in [1.807, 2.05) is 31.2 Å². The molecule has 0 saturated carbocycles. The number of carbonyl (C=O) groups is 1. The SMILES string of the molecule is CCOc1ccc(-c2ccc(=O)n(CCCC(=O)Nc3cccc(F)c3)n2)cc1. The molecule has 0 spiro atoms. The van der Waals surface area contributed by atoms with Crippen molar-refractivity contribution in [2.75, 3.05) is 11.9 Å². The molecule has 0 unspecified atom stereocenters. The molecule has 0 radical (unpaired) electrons. The highest BCUT2D eigenvalue weighted by Gasteiger charge is 2.07. The number of aromatic nitrogens is 2. The second-order valence-electron chi connectivity index (χ2n) is 6.40. The van der Waals surface area contributed by atoms with Gasteiger partial charge in [-0.3, -0.25) is 9.59 Å². The summed E-state index contributed by atoms with van der Waals surface area (Å²) in [6.45, 7) is 2.82. The van der Waals surface area contributed by atoms with E-state index in [9.17, 15) is 14.0 Å². The third-order valence-electron chi connectivity index (χ3n) is 4.21. The number of nitrogens with one attached hydrogen (secondary N) is 1. The summed E-state index contributed by atoms with van der Waals surface area (Å²) in [4.78, 5) is 24.1. The molecule has 0 saturated heterocycles. The highest BCUT2D eigenvalue weighted by Crippen LogP contribution is 2.20. The van der Waals surface area contributed by atoms with Gasteiger partial charge in [0, 0.05) is 30.3 Å². The Labute approximate surface area is 168 Å². The van der Waals surface area contributed by atoms with E-state index in [4.69, 9.17) is 4.74 Å². The Balaban J connectivity index is 1.60. The predicted molar refractivity (Wildman–Crippen MR) is 109 cm³/mol. The van der Waals surface area contributed by atoms with Gasteiger partial charge in [0.25, 0.3) is 5.56 Å². The van der Waals surface area contributed by atoms with E-state index in [1.54, 1.807) is 12.1 Å². The van der Waals surface area contributed by atoms with Crippen LogP contribution in [-0.2, 0) is 11.3 Å². The number of hydrogen-bond donors (Lipinski definition) is 1. The van der Waals surface area contributed by atoms with Crippen molar-refractivity contribution in [3.63, 3.8) is 0 Å². The zero-order valence-corrected chi connectivity index (χ0v) is 16.1. The molecule has 29 heavy (non-hydrogen) atoms. The molecular weight excluding hydrogens is 373 g/mol. The standard InChI is InChI=1S/C22H22FN3O3/c1-2-29-19-10-8-16(9-11-19)20-12-13-22(28)26(25-20)14-4-7-21(27)24-18-6-3-5-17(23)15-18/h3,5-6,8-13,15H,2,4,7,14H2,1H3,(H,24,27). The molecule has 3 aromatic rings. The Morgan fingerprint density at radius 2 is 1.93 bits per heavy atom. The minimum absolute atomic E-state index is 0.192. The predicted octanol–water partition coefficient (Wildman–Crippen LogP) is 3.87. The highest BCUT2D eigenvalue weighted by molar-refractivity contribution is 5.90. The van der Waals surface area contributed by atoms with Crippen LogP contribution in [0, 0.1) is 5.82 Å². The maximum Gasteiger partial charge on any atom is 0.266 e. The lowest BCUT2D eigenvalue weighted by Crippen LogP contribution is -2.23. The summed E-state index contributed by atoms with van der Waals surface area (Å²) >= 11 is 0. The average Bonchev–Trinajstić information content (AvgIpc) is 2.70. The monoisotopic (exact) mass is 395 g/mol. The summed E-state index contributed by atoms with van der Waals surface area (Å²) in [5.41, 5.74) is 1.70. The van der Waals surface area contributed by atoms with Gasteiger partial charge in [0.15, 0.2) is 0 Å². The molecule has 0 atom stereocenters. The van der Waals surface area contributed by atoms with Crippen LogP contribution in [0.15, 0.2) is 65.5 Å². The summed E-state index contributed by atoms with van der Waals surface area (Å²) in [5, 5.41) is 7.03. The number of carbonyl (C=O) groups excluding carboxylic acids is 1. The van der Waals surface area contributed by atoms with Gasteiger partial charge in [0.2, 0.25) is 5.91 Å². The van der Waals surface area contributed by atoms with Crippen LogP contribution in [0.5, 0.6) is 5.75 Å². The quantitative estimate of drug-likeness (QED) is 0.628. The second kappa shape index (κ2) is 9.64. The van der Waals surface area contributed by atoms with Crippen molar-refractivity contribution in [3.8, 4) is 17.0 Å². The van der Waals surface area contributed by atoms with Gasteiger partial charge in [0.1, 0.15) is 11.6 Å². The molecule has 1 N–H and O–H groups in total. The van der Waals surface area contributed by atoms with E-state index in [0.29, 0.717) is 31.0 Å². The Hall–Kier alpha value is -3.48. The molecule has 0 bridgehead atoms. The van der Waals surface area contributed by atoms with E-state index in [1.165, 1.54) is 28.9 Å². The van der Waals surface area contributed by atoms with Gasteiger partial charge in [-0.2, -0.15) is 5.10 Å². The van der Waals surface area contributed by atoms with Crippen LogP contribution < -0.4 is 15.6 Å². The third-order valence-corrected chi connectivity index (χ3v) is 4.21. The lowest BCUT2D eigenvalue weighted by atomic mass is 10.1. The molecule has 0 fully saturated rings. The number of benzene rings is 2. The molecule has 0 aliphatic heterocycles. The van der Waals surface area contributed by atoms with Crippen LogP contribution in [0.2, 0.25) is 0 Å². The van der Waals surface area contributed by atoms with Crippen LogP contribution >= 0.6 is 0 Å². The molecule has 1 heterocycles. The molecule has 1 aromatic heterocycles. The van der Waals surface area contributed by atoms with Crippen molar-refractivity contribution >= 4 is 11.6 Å². The average molecular weight is 395 g/mol. The Morgan fingerprint density at radius 3 is 2.66 bits per heavy atom. The number of ether oxygens (including phenoxy) is 1. The maximum absolute atomic E-state index is 13.2. The van der Waals surface area contributed by atoms with Crippen molar-refractivity contribution < 1.29 is 13.9 Å². The minimum Gasteiger partial charge on any atom is -0.494 e. The van der Waals surface area contributed by atoms with Crippen molar-refractivity contribution in [1.82, 2.24) is 9.78 Å². The fourth-order valence-electron chi connectivity index (χ4n) is 2.83. The number of aryl methyl sites for hydroxylation is 1. The lowest BCUT2D eigenvalue weighted by Gasteiger charge is -2.09. The third kappa shape index (κ3) is 5.75. The molecule has 3 rings (SSSR count). The van der Waals surface area contributed by atoms with E-state index in [2.05, 4.69) is 10.4 Å². The smallest absolute Gasteiger partial charge is 0.266 e. The number of nitrogens with zero attached hydrogens (tertiary/aromatic N) is 2. The van der Waals surface area contributed by atoms with Gasteiger partial charge in [-0.05, 0) is 61.9 Å². The number of hydrogen-bond acceptors (Lipinski definition) is 4. The van der Waals surface area contributed by atoms with Gasteiger partial charge >= 0.3 is 0 Å². The number of amides is 1. The Kier molecular flexibility index (Phi) is 6.73. The van der Waals surface area contributed by atoms with Crippen molar-refractivity contribution in [3.05, 3.63) is 76.8 Å². The first-order chi connectivity index (χ1) is 14.0. The lowest BCUT2D eigenvalue weighted by molar-refractivity contribution is -0.116. The molecule has 0 aliphatic carbocycles. The van der Waals surface area contributed by atoms with Crippen molar-refractivity contribution in [2.24, 2.45) is 0 Å². The van der Waals surface area contributed by atoms with Crippen LogP contribution in [0.1, 0.15) is 19.8 Å². The number of anilines is 1. The first-order valence-corrected chi connectivity index (χ1v) is 9.42. The molecule has 1 amide bonds. The van der Waals surface area contributed by atoms with E-state index in [-0.39, 0.29) is 17.9 Å². The normalized spacial score (nSPS) is 10.6.